The fourth-order valence-electron chi connectivity index (χ4n) is 1.79. The van der Waals surface area contributed by atoms with Crippen molar-refractivity contribution in [3.63, 3.8) is 0 Å². The predicted molar refractivity (Wildman–Crippen MR) is 92.4 cm³/mol. The SMILES string of the molecule is COc1ccc(Cc2c(Cl)nc(SC)nc2SC(=N)N)cc1. The highest BCUT2D eigenvalue weighted by atomic mass is 35.5. The number of halogens is 1. The molecular weight excluding hydrogens is 340 g/mol. The van der Waals surface area contributed by atoms with Crippen LogP contribution in [0.3, 0.4) is 0 Å². The Morgan fingerprint density at radius 2 is 2.00 bits per heavy atom. The first-order valence-corrected chi connectivity index (χ1v) is 8.70. The minimum Gasteiger partial charge on any atom is -0.497 e. The van der Waals surface area contributed by atoms with Crippen LogP contribution in [0, 0.1) is 5.41 Å². The van der Waals surface area contributed by atoms with Crippen LogP contribution in [0.4, 0.5) is 0 Å². The number of benzene rings is 1. The summed E-state index contributed by atoms with van der Waals surface area (Å²) in [5.41, 5.74) is 7.30. The molecule has 0 spiro atoms. The summed E-state index contributed by atoms with van der Waals surface area (Å²) in [5.74, 6) is 0.794. The molecule has 1 aromatic heterocycles. The van der Waals surface area contributed by atoms with Crippen molar-refractivity contribution in [1.82, 2.24) is 9.97 Å². The largest absolute Gasteiger partial charge is 0.497 e. The van der Waals surface area contributed by atoms with Gasteiger partial charge in [0.1, 0.15) is 15.9 Å². The van der Waals surface area contributed by atoms with Crippen LogP contribution in [0.25, 0.3) is 0 Å². The molecule has 0 aliphatic heterocycles. The van der Waals surface area contributed by atoms with Gasteiger partial charge in [-0.05, 0) is 35.7 Å². The van der Waals surface area contributed by atoms with Crippen LogP contribution in [0.2, 0.25) is 5.15 Å². The van der Waals surface area contributed by atoms with Crippen molar-refractivity contribution >= 4 is 40.3 Å². The van der Waals surface area contributed by atoms with Gasteiger partial charge in [0, 0.05) is 12.0 Å². The molecule has 1 aromatic carbocycles. The highest BCUT2D eigenvalue weighted by molar-refractivity contribution is 8.13. The first kappa shape index (κ1) is 16.9. The summed E-state index contributed by atoms with van der Waals surface area (Å²) in [6.07, 6.45) is 2.43. The van der Waals surface area contributed by atoms with Crippen molar-refractivity contribution in [3.8, 4) is 5.75 Å². The number of ether oxygens (including phenoxy) is 1. The van der Waals surface area contributed by atoms with Crippen LogP contribution in [-0.4, -0.2) is 28.5 Å². The predicted octanol–water partition coefficient (Wildman–Crippen LogP) is 3.44. The molecule has 1 heterocycles. The molecule has 0 saturated carbocycles. The van der Waals surface area contributed by atoms with Crippen molar-refractivity contribution in [2.75, 3.05) is 13.4 Å². The van der Waals surface area contributed by atoms with E-state index in [2.05, 4.69) is 9.97 Å². The van der Waals surface area contributed by atoms with Crippen molar-refractivity contribution in [2.24, 2.45) is 5.73 Å². The minimum atomic E-state index is -0.0298. The van der Waals surface area contributed by atoms with E-state index in [0.717, 1.165) is 28.6 Å². The Kier molecular flexibility index (Phi) is 5.93. The summed E-state index contributed by atoms with van der Waals surface area (Å²) in [6.45, 7) is 0. The van der Waals surface area contributed by atoms with Gasteiger partial charge in [0.15, 0.2) is 10.3 Å². The summed E-state index contributed by atoms with van der Waals surface area (Å²) in [7, 11) is 1.63. The molecular formula is C14H15ClN4OS2. The molecule has 2 aromatic rings. The second kappa shape index (κ2) is 7.71. The van der Waals surface area contributed by atoms with E-state index in [1.807, 2.05) is 30.5 Å². The lowest BCUT2D eigenvalue weighted by Gasteiger charge is -2.11. The van der Waals surface area contributed by atoms with Gasteiger partial charge in [0.2, 0.25) is 0 Å². The number of hydrogen-bond donors (Lipinski definition) is 2. The van der Waals surface area contributed by atoms with Gasteiger partial charge in [-0.25, -0.2) is 9.97 Å². The number of nitrogens with one attached hydrogen (secondary N) is 1. The third-order valence-electron chi connectivity index (χ3n) is 2.83. The summed E-state index contributed by atoms with van der Waals surface area (Å²) >= 11 is 8.77. The van der Waals surface area contributed by atoms with E-state index in [1.54, 1.807) is 7.11 Å². The Hall–Kier alpha value is -1.44. The molecule has 22 heavy (non-hydrogen) atoms. The lowest BCUT2D eigenvalue weighted by Crippen LogP contribution is -2.07. The number of aromatic nitrogens is 2. The fourth-order valence-corrected chi connectivity index (χ4v) is 3.19. The zero-order valence-corrected chi connectivity index (χ0v) is 14.5. The normalized spacial score (nSPS) is 10.5. The first-order chi connectivity index (χ1) is 10.5. The molecule has 0 fully saturated rings. The Morgan fingerprint density at radius 3 is 2.55 bits per heavy atom. The van der Waals surface area contributed by atoms with Crippen LogP contribution in [0.15, 0.2) is 34.4 Å². The zero-order chi connectivity index (χ0) is 16.1. The summed E-state index contributed by atoms with van der Waals surface area (Å²) in [6, 6.07) is 7.69. The third kappa shape index (κ3) is 4.28. The molecule has 5 nitrogen and oxygen atoms in total. The van der Waals surface area contributed by atoms with Gasteiger partial charge in [0.25, 0.3) is 0 Å². The van der Waals surface area contributed by atoms with E-state index in [1.165, 1.54) is 11.8 Å². The highest BCUT2D eigenvalue weighted by Crippen LogP contribution is 2.30. The molecule has 0 amide bonds. The number of methoxy groups -OCH3 is 1. The number of nitrogens with two attached hydrogens (primary N) is 1. The molecule has 0 aliphatic rings. The quantitative estimate of drug-likeness (QED) is 0.281. The van der Waals surface area contributed by atoms with Gasteiger partial charge >= 0.3 is 0 Å². The van der Waals surface area contributed by atoms with Crippen LogP contribution in [-0.2, 0) is 6.42 Å². The van der Waals surface area contributed by atoms with Crippen molar-refractivity contribution in [2.45, 2.75) is 16.6 Å². The molecule has 2 rings (SSSR count). The number of thioether (sulfide) groups is 2. The standard InChI is InChI=1S/C14H15ClN4OS2/c1-20-9-5-3-8(4-6-9)7-10-11(15)18-14(21-2)19-12(10)22-13(16)17/h3-6H,7H2,1-2H3,(H3,16,17). The van der Waals surface area contributed by atoms with Crippen LogP contribution >= 0.6 is 35.1 Å². The maximum Gasteiger partial charge on any atom is 0.189 e. The van der Waals surface area contributed by atoms with E-state index < -0.39 is 0 Å². The Bertz CT molecular complexity index is 679. The van der Waals surface area contributed by atoms with Crippen LogP contribution in [0.1, 0.15) is 11.1 Å². The number of nitrogens with zero attached hydrogens (tertiary/aromatic N) is 2. The first-order valence-electron chi connectivity index (χ1n) is 6.28. The van der Waals surface area contributed by atoms with Crippen molar-refractivity contribution in [3.05, 3.63) is 40.5 Å². The van der Waals surface area contributed by atoms with Crippen LogP contribution in [0.5, 0.6) is 5.75 Å². The molecule has 0 unspecified atom stereocenters. The van der Waals surface area contributed by atoms with Crippen molar-refractivity contribution in [1.29, 1.82) is 5.41 Å². The Labute approximate surface area is 142 Å². The minimum absolute atomic E-state index is 0.0298. The topological polar surface area (TPSA) is 84.9 Å². The van der Waals surface area contributed by atoms with E-state index in [9.17, 15) is 0 Å². The Balaban J connectivity index is 2.36. The third-order valence-corrected chi connectivity index (χ3v) is 4.44. The summed E-state index contributed by atoms with van der Waals surface area (Å²) < 4.78 is 5.15. The molecule has 0 saturated heterocycles. The van der Waals surface area contributed by atoms with E-state index >= 15 is 0 Å². The maximum atomic E-state index is 7.47. The second-order valence-corrected chi connectivity index (χ2v) is 6.44. The van der Waals surface area contributed by atoms with Crippen molar-refractivity contribution < 1.29 is 4.74 Å². The number of hydrogen-bond acceptors (Lipinski definition) is 6. The van der Waals surface area contributed by atoms with Gasteiger partial charge in [-0.15, -0.1) is 0 Å². The second-order valence-electron chi connectivity index (χ2n) is 4.28. The van der Waals surface area contributed by atoms with Crippen LogP contribution < -0.4 is 10.5 Å². The van der Waals surface area contributed by atoms with Gasteiger partial charge < -0.3 is 10.5 Å². The monoisotopic (exact) mass is 354 g/mol. The lowest BCUT2D eigenvalue weighted by atomic mass is 10.1. The average Bonchev–Trinajstić information content (AvgIpc) is 2.50. The molecule has 0 aliphatic carbocycles. The maximum absolute atomic E-state index is 7.47. The highest BCUT2D eigenvalue weighted by Gasteiger charge is 2.15. The van der Waals surface area contributed by atoms with E-state index in [-0.39, 0.29) is 5.17 Å². The fraction of sp³-hybridized carbons (Fsp3) is 0.214. The molecule has 8 heteroatoms. The van der Waals surface area contributed by atoms with Gasteiger partial charge in [0.05, 0.1) is 7.11 Å². The molecule has 0 radical (unpaired) electrons. The number of rotatable bonds is 5. The van der Waals surface area contributed by atoms with E-state index in [0.29, 0.717) is 21.8 Å². The van der Waals surface area contributed by atoms with Gasteiger partial charge in [-0.1, -0.05) is 35.5 Å². The smallest absolute Gasteiger partial charge is 0.189 e. The average molecular weight is 355 g/mol. The number of amidine groups is 1. The summed E-state index contributed by atoms with van der Waals surface area (Å²) in [5, 5.41) is 9.01. The molecule has 0 bridgehead atoms. The lowest BCUT2D eigenvalue weighted by molar-refractivity contribution is 0.414. The summed E-state index contributed by atoms with van der Waals surface area (Å²) in [4.78, 5) is 8.66. The van der Waals surface area contributed by atoms with Gasteiger partial charge in [-0.2, -0.15) is 0 Å². The van der Waals surface area contributed by atoms with E-state index in [4.69, 9.17) is 27.5 Å². The molecule has 0 atom stereocenters. The molecule has 116 valence electrons. The molecule has 3 N–H and O–H groups in total. The Morgan fingerprint density at radius 1 is 1.32 bits per heavy atom. The van der Waals surface area contributed by atoms with Gasteiger partial charge in [-0.3, -0.25) is 5.41 Å². The zero-order valence-electron chi connectivity index (χ0n) is 12.1.